The number of nitriles is 1. The van der Waals surface area contributed by atoms with Gasteiger partial charge in [-0.25, -0.2) is 0 Å². The average Bonchev–Trinajstić information content (AvgIpc) is 2.30. The maximum Gasteiger partial charge on any atom is 0.0998 e. The van der Waals surface area contributed by atoms with E-state index in [1.54, 1.807) is 0 Å². The van der Waals surface area contributed by atoms with Crippen LogP contribution in [0.3, 0.4) is 0 Å². The normalized spacial score (nSPS) is 14.6. The second-order valence-electron chi connectivity index (χ2n) is 3.14. The largest absolute Gasteiger partial charge is 0.261 e. The third-order valence-corrected chi connectivity index (χ3v) is 2.19. The van der Waals surface area contributed by atoms with Crippen LogP contribution in [0.4, 0.5) is 0 Å². The van der Waals surface area contributed by atoms with Crippen molar-refractivity contribution in [3.63, 3.8) is 0 Å². The highest BCUT2D eigenvalue weighted by Gasteiger charge is 2.06. The fraction of sp³-hybridized carbons (Fsp3) is 0.167. The molecule has 0 atom stereocenters. The topological polar surface area (TPSA) is 36.1 Å². The van der Waals surface area contributed by atoms with Crippen molar-refractivity contribution in [3.8, 4) is 6.07 Å². The van der Waals surface area contributed by atoms with E-state index in [0.29, 0.717) is 5.56 Å². The molecule has 1 heterocycles. The molecule has 0 saturated carbocycles. The van der Waals surface area contributed by atoms with E-state index in [4.69, 9.17) is 5.26 Å². The van der Waals surface area contributed by atoms with Gasteiger partial charge in [0.15, 0.2) is 0 Å². The van der Waals surface area contributed by atoms with Crippen LogP contribution in [-0.4, -0.2) is 6.21 Å². The van der Waals surface area contributed by atoms with Crippen LogP contribution in [0.15, 0.2) is 35.3 Å². The summed E-state index contributed by atoms with van der Waals surface area (Å²) < 4.78 is 0. The van der Waals surface area contributed by atoms with Crippen LogP contribution in [0, 0.1) is 11.3 Å². The molecule has 1 aromatic rings. The first-order valence-electron chi connectivity index (χ1n) is 4.64. The fourth-order valence-electron chi connectivity index (χ4n) is 1.49. The van der Waals surface area contributed by atoms with Crippen molar-refractivity contribution in [2.75, 3.05) is 0 Å². The first kappa shape index (κ1) is 8.71. The lowest BCUT2D eigenvalue weighted by Crippen LogP contribution is -1.91. The van der Waals surface area contributed by atoms with Gasteiger partial charge in [-0.1, -0.05) is 24.3 Å². The van der Waals surface area contributed by atoms with Crippen LogP contribution in [-0.2, 0) is 0 Å². The van der Waals surface area contributed by atoms with Gasteiger partial charge in [0.05, 0.1) is 17.3 Å². The lowest BCUT2D eigenvalue weighted by Gasteiger charge is -2.07. The summed E-state index contributed by atoms with van der Waals surface area (Å²) in [5.41, 5.74) is 2.55. The minimum Gasteiger partial charge on any atom is -0.261 e. The average molecular weight is 182 g/mol. The predicted molar refractivity (Wildman–Crippen MR) is 56.9 cm³/mol. The minimum atomic E-state index is 0.692. The Bertz CT molecular complexity index is 436. The molecular weight excluding hydrogens is 172 g/mol. The van der Waals surface area contributed by atoms with Crippen molar-refractivity contribution in [2.45, 2.75) is 12.8 Å². The van der Waals surface area contributed by atoms with Gasteiger partial charge in [0.1, 0.15) is 0 Å². The smallest absolute Gasteiger partial charge is 0.0998 e. The van der Waals surface area contributed by atoms with Gasteiger partial charge in [-0.2, -0.15) is 5.26 Å². The van der Waals surface area contributed by atoms with Gasteiger partial charge in [0.25, 0.3) is 0 Å². The van der Waals surface area contributed by atoms with Crippen molar-refractivity contribution < 1.29 is 0 Å². The summed E-state index contributed by atoms with van der Waals surface area (Å²) in [7, 11) is 0. The van der Waals surface area contributed by atoms with Crippen molar-refractivity contribution in [1.82, 2.24) is 0 Å². The molecule has 1 aromatic carbocycles. The highest BCUT2D eigenvalue weighted by molar-refractivity contribution is 5.78. The van der Waals surface area contributed by atoms with Gasteiger partial charge >= 0.3 is 0 Å². The number of hydrogen-bond acceptors (Lipinski definition) is 2. The molecule has 0 radical (unpaired) electrons. The number of allylic oxidation sites excluding steroid dienone is 1. The molecule has 0 N–H and O–H groups in total. The Morgan fingerprint density at radius 1 is 1.21 bits per heavy atom. The summed E-state index contributed by atoms with van der Waals surface area (Å²) in [5, 5.41) is 8.92. The summed E-state index contributed by atoms with van der Waals surface area (Å²) in [4.78, 5) is 4.29. The zero-order valence-corrected chi connectivity index (χ0v) is 7.77. The van der Waals surface area contributed by atoms with Crippen LogP contribution < -0.4 is 0 Å². The molecule has 0 bridgehead atoms. The highest BCUT2D eigenvalue weighted by atomic mass is 14.7. The van der Waals surface area contributed by atoms with E-state index in [9.17, 15) is 0 Å². The number of aliphatic imine (C=N–C) groups is 1. The Hall–Kier alpha value is -1.88. The Balaban J connectivity index is 2.46. The van der Waals surface area contributed by atoms with Crippen molar-refractivity contribution in [2.24, 2.45) is 4.99 Å². The lowest BCUT2D eigenvalue weighted by molar-refractivity contribution is 1.09. The zero-order valence-electron chi connectivity index (χ0n) is 7.77. The predicted octanol–water partition coefficient (Wildman–Crippen LogP) is 2.76. The molecule has 2 heteroatoms. The van der Waals surface area contributed by atoms with Crippen LogP contribution in [0.5, 0.6) is 0 Å². The first-order valence-corrected chi connectivity index (χ1v) is 4.64. The number of hydrogen-bond donors (Lipinski definition) is 0. The minimum absolute atomic E-state index is 0.692. The molecule has 0 aromatic heterocycles. The van der Waals surface area contributed by atoms with E-state index in [2.05, 4.69) is 17.1 Å². The molecule has 0 fully saturated rings. The fourth-order valence-corrected chi connectivity index (χ4v) is 1.49. The molecule has 1 aliphatic heterocycles. The number of nitrogens with zero attached hydrogens (tertiary/aromatic N) is 2. The molecule has 0 spiro atoms. The van der Waals surface area contributed by atoms with E-state index >= 15 is 0 Å². The third kappa shape index (κ3) is 1.57. The monoisotopic (exact) mass is 182 g/mol. The summed E-state index contributed by atoms with van der Waals surface area (Å²) in [6.07, 6.45) is 6.00. The Morgan fingerprint density at radius 2 is 2.07 bits per heavy atom. The quantitative estimate of drug-likeness (QED) is 0.657. The molecule has 0 amide bonds. The van der Waals surface area contributed by atoms with E-state index < -0.39 is 0 Å². The van der Waals surface area contributed by atoms with E-state index in [1.807, 2.05) is 30.5 Å². The molecule has 14 heavy (non-hydrogen) atoms. The second kappa shape index (κ2) is 3.89. The maximum absolute atomic E-state index is 8.92. The summed E-state index contributed by atoms with van der Waals surface area (Å²) >= 11 is 0. The van der Waals surface area contributed by atoms with Gasteiger partial charge in [0, 0.05) is 11.8 Å². The molecule has 0 aliphatic carbocycles. The van der Waals surface area contributed by atoms with Crippen LogP contribution in [0.25, 0.3) is 5.70 Å². The van der Waals surface area contributed by atoms with E-state index in [0.717, 1.165) is 24.1 Å². The van der Waals surface area contributed by atoms with Crippen molar-refractivity contribution in [1.29, 1.82) is 5.26 Å². The van der Waals surface area contributed by atoms with E-state index in [-0.39, 0.29) is 0 Å². The van der Waals surface area contributed by atoms with Gasteiger partial charge in [0.2, 0.25) is 0 Å². The van der Waals surface area contributed by atoms with Crippen LogP contribution in [0.1, 0.15) is 24.0 Å². The Kier molecular flexibility index (Phi) is 2.42. The van der Waals surface area contributed by atoms with E-state index in [1.165, 1.54) is 0 Å². The number of rotatable bonds is 1. The second-order valence-corrected chi connectivity index (χ2v) is 3.14. The van der Waals surface area contributed by atoms with Crippen molar-refractivity contribution in [3.05, 3.63) is 41.5 Å². The molecule has 1 aliphatic rings. The van der Waals surface area contributed by atoms with Crippen molar-refractivity contribution >= 4 is 11.9 Å². The molecule has 68 valence electrons. The first-order chi connectivity index (χ1) is 6.92. The van der Waals surface area contributed by atoms with Gasteiger partial charge in [-0.15, -0.1) is 0 Å². The highest BCUT2D eigenvalue weighted by Crippen LogP contribution is 2.22. The zero-order chi connectivity index (χ0) is 9.80. The van der Waals surface area contributed by atoms with Gasteiger partial charge in [-0.05, 0) is 18.9 Å². The van der Waals surface area contributed by atoms with Gasteiger partial charge in [-0.3, -0.25) is 4.99 Å². The molecule has 2 nitrogen and oxygen atoms in total. The number of benzene rings is 1. The molecule has 0 saturated heterocycles. The molecular formula is C12H10N2. The van der Waals surface area contributed by atoms with Crippen LogP contribution in [0.2, 0.25) is 0 Å². The summed E-state index contributed by atoms with van der Waals surface area (Å²) in [5.74, 6) is 0. The van der Waals surface area contributed by atoms with Gasteiger partial charge < -0.3 is 0 Å². The Morgan fingerprint density at radius 3 is 2.79 bits per heavy atom. The molecule has 0 unspecified atom stereocenters. The third-order valence-electron chi connectivity index (χ3n) is 2.19. The summed E-state index contributed by atoms with van der Waals surface area (Å²) in [6, 6.07) is 9.74. The Labute approximate surface area is 83.2 Å². The lowest BCUT2D eigenvalue weighted by atomic mass is 10.0. The standard InChI is InChI=1S/C12H10N2/c13-9-10-5-1-2-6-11(10)12-7-3-4-8-14-12/h1-2,5-8H,3-4H2. The summed E-state index contributed by atoms with van der Waals surface area (Å²) in [6.45, 7) is 0. The molecule has 2 rings (SSSR count). The maximum atomic E-state index is 8.92. The SMILES string of the molecule is N#Cc1ccccc1C1=CCCC=N1. The van der Waals surface area contributed by atoms with Crippen LogP contribution >= 0.6 is 0 Å².